The average molecular weight is 399 g/mol. The lowest BCUT2D eigenvalue weighted by molar-refractivity contribution is 0.200. The fourth-order valence-electron chi connectivity index (χ4n) is 3.68. The number of aromatic nitrogens is 4. The fourth-order valence-corrected chi connectivity index (χ4v) is 3.81. The number of benzene rings is 1. The molecule has 0 N–H and O–H groups in total. The van der Waals surface area contributed by atoms with E-state index in [1.807, 2.05) is 36.7 Å². The van der Waals surface area contributed by atoms with E-state index < -0.39 is 0 Å². The van der Waals surface area contributed by atoms with Gasteiger partial charge in [0.1, 0.15) is 18.2 Å². The van der Waals surface area contributed by atoms with Crippen molar-refractivity contribution >= 4 is 23.1 Å². The molecule has 5 rings (SSSR count). The second kappa shape index (κ2) is 7.56. The Morgan fingerprint density at radius 1 is 1.04 bits per heavy atom. The van der Waals surface area contributed by atoms with E-state index in [-0.39, 0.29) is 0 Å². The van der Waals surface area contributed by atoms with Crippen molar-refractivity contribution in [1.82, 2.24) is 24.5 Å². The Morgan fingerprint density at radius 2 is 1.82 bits per heavy atom. The predicted octanol–water partition coefficient (Wildman–Crippen LogP) is 2.86. The lowest BCUT2D eigenvalue weighted by Crippen LogP contribution is -2.48. The largest absolute Gasteiger partial charge is 0.492 e. The van der Waals surface area contributed by atoms with Crippen LogP contribution in [0.2, 0.25) is 5.02 Å². The van der Waals surface area contributed by atoms with Crippen LogP contribution in [0.15, 0.2) is 36.7 Å². The highest BCUT2D eigenvalue weighted by Crippen LogP contribution is 2.39. The summed E-state index contributed by atoms with van der Waals surface area (Å²) in [4.78, 5) is 9.35. The summed E-state index contributed by atoms with van der Waals surface area (Å²) in [6.45, 7) is 5.40. The van der Waals surface area contributed by atoms with Crippen molar-refractivity contribution in [3.63, 3.8) is 0 Å². The van der Waals surface area contributed by atoms with Crippen LogP contribution in [0, 0.1) is 0 Å². The third-order valence-electron chi connectivity index (χ3n) is 5.44. The van der Waals surface area contributed by atoms with E-state index in [9.17, 15) is 0 Å². The Hall–Kier alpha value is -2.38. The molecule has 2 aromatic heterocycles. The standard InChI is InChI=1S/C20H23ClN6O/c21-16-3-5-17(6-4-16)28-14-13-25-9-11-26(12-10-25)19-20-24-23-18(15-1-2-15)27(20)8-7-22-19/h3-8,15H,1-2,9-14H2. The molecule has 0 unspecified atom stereocenters. The number of hydrogen-bond acceptors (Lipinski definition) is 6. The third-order valence-corrected chi connectivity index (χ3v) is 5.69. The third kappa shape index (κ3) is 3.64. The monoisotopic (exact) mass is 398 g/mol. The molecule has 2 aliphatic rings. The maximum atomic E-state index is 5.90. The topological polar surface area (TPSA) is 58.8 Å². The van der Waals surface area contributed by atoms with E-state index in [4.69, 9.17) is 16.3 Å². The van der Waals surface area contributed by atoms with E-state index in [1.54, 1.807) is 0 Å². The van der Waals surface area contributed by atoms with Crippen LogP contribution in [-0.4, -0.2) is 63.8 Å². The molecular weight excluding hydrogens is 376 g/mol. The highest BCUT2D eigenvalue weighted by atomic mass is 35.5. The minimum absolute atomic E-state index is 0.572. The lowest BCUT2D eigenvalue weighted by Gasteiger charge is -2.35. The van der Waals surface area contributed by atoms with E-state index in [1.165, 1.54) is 12.8 Å². The second-order valence-corrected chi connectivity index (χ2v) is 7.84. The van der Waals surface area contributed by atoms with Gasteiger partial charge in [0.25, 0.3) is 0 Å². The molecule has 7 nitrogen and oxygen atoms in total. The van der Waals surface area contributed by atoms with Crippen molar-refractivity contribution < 1.29 is 4.74 Å². The molecule has 0 amide bonds. The molecule has 1 aliphatic carbocycles. The van der Waals surface area contributed by atoms with Gasteiger partial charge in [0.05, 0.1) is 0 Å². The molecule has 28 heavy (non-hydrogen) atoms. The molecule has 146 valence electrons. The van der Waals surface area contributed by atoms with Gasteiger partial charge in [-0.1, -0.05) is 11.6 Å². The molecule has 3 aromatic rings. The minimum Gasteiger partial charge on any atom is -0.492 e. The van der Waals surface area contributed by atoms with Crippen LogP contribution in [0.1, 0.15) is 24.6 Å². The maximum Gasteiger partial charge on any atom is 0.203 e. The fraction of sp³-hybridized carbons (Fsp3) is 0.450. The van der Waals surface area contributed by atoms with Crippen molar-refractivity contribution in [2.45, 2.75) is 18.8 Å². The second-order valence-electron chi connectivity index (χ2n) is 7.41. The molecular formula is C20H23ClN6O. The molecule has 8 heteroatoms. The molecule has 1 aromatic carbocycles. The zero-order chi connectivity index (χ0) is 18.9. The highest BCUT2D eigenvalue weighted by Gasteiger charge is 2.30. The number of nitrogens with zero attached hydrogens (tertiary/aromatic N) is 6. The molecule has 1 saturated carbocycles. The molecule has 0 bridgehead atoms. The van der Waals surface area contributed by atoms with Gasteiger partial charge < -0.3 is 9.64 Å². The SMILES string of the molecule is Clc1ccc(OCCN2CCN(c3nccn4c(C5CC5)nnc34)CC2)cc1. The van der Waals surface area contributed by atoms with Gasteiger partial charge >= 0.3 is 0 Å². The summed E-state index contributed by atoms with van der Waals surface area (Å²) in [7, 11) is 0. The molecule has 3 heterocycles. The predicted molar refractivity (Wildman–Crippen MR) is 108 cm³/mol. The Morgan fingerprint density at radius 3 is 2.57 bits per heavy atom. The van der Waals surface area contributed by atoms with Crippen LogP contribution >= 0.6 is 11.6 Å². The first-order valence-corrected chi connectivity index (χ1v) is 10.2. The van der Waals surface area contributed by atoms with E-state index in [0.717, 1.165) is 60.8 Å². The highest BCUT2D eigenvalue weighted by molar-refractivity contribution is 6.30. The zero-order valence-corrected chi connectivity index (χ0v) is 16.4. The molecule has 0 radical (unpaired) electrons. The normalized spacial score (nSPS) is 18.0. The number of piperazine rings is 1. The number of rotatable bonds is 6. The Balaban J connectivity index is 1.17. The lowest BCUT2D eigenvalue weighted by atomic mass is 10.3. The smallest absolute Gasteiger partial charge is 0.203 e. The van der Waals surface area contributed by atoms with Gasteiger partial charge in [0, 0.05) is 56.1 Å². The maximum absolute atomic E-state index is 5.90. The van der Waals surface area contributed by atoms with Crippen LogP contribution in [0.5, 0.6) is 5.75 Å². The summed E-state index contributed by atoms with van der Waals surface area (Å²) in [5, 5.41) is 9.57. The number of anilines is 1. The van der Waals surface area contributed by atoms with Crippen molar-refractivity contribution in [3.05, 3.63) is 47.5 Å². The minimum atomic E-state index is 0.572. The first-order chi connectivity index (χ1) is 13.8. The molecule has 1 aliphatic heterocycles. The van der Waals surface area contributed by atoms with Gasteiger partial charge in [-0.2, -0.15) is 0 Å². The van der Waals surface area contributed by atoms with Gasteiger partial charge in [-0.3, -0.25) is 9.30 Å². The van der Waals surface area contributed by atoms with Crippen LogP contribution in [-0.2, 0) is 0 Å². The number of halogens is 1. The van der Waals surface area contributed by atoms with Gasteiger partial charge in [0.2, 0.25) is 5.65 Å². The van der Waals surface area contributed by atoms with E-state index in [0.29, 0.717) is 12.5 Å². The Kier molecular flexibility index (Phi) is 4.78. The van der Waals surface area contributed by atoms with Gasteiger partial charge in [0.15, 0.2) is 5.82 Å². The van der Waals surface area contributed by atoms with Gasteiger partial charge in [-0.15, -0.1) is 10.2 Å². The van der Waals surface area contributed by atoms with Gasteiger partial charge in [-0.25, -0.2) is 4.98 Å². The zero-order valence-electron chi connectivity index (χ0n) is 15.7. The molecule has 2 fully saturated rings. The summed E-state index contributed by atoms with van der Waals surface area (Å²) >= 11 is 5.90. The first-order valence-electron chi connectivity index (χ1n) is 9.83. The molecule has 1 saturated heterocycles. The van der Waals surface area contributed by atoms with E-state index >= 15 is 0 Å². The van der Waals surface area contributed by atoms with Crippen LogP contribution in [0.25, 0.3) is 5.65 Å². The van der Waals surface area contributed by atoms with Crippen molar-refractivity contribution in [2.24, 2.45) is 0 Å². The molecule has 0 spiro atoms. The Bertz CT molecular complexity index is 947. The summed E-state index contributed by atoms with van der Waals surface area (Å²) in [6, 6.07) is 7.51. The van der Waals surface area contributed by atoms with Gasteiger partial charge in [-0.05, 0) is 37.1 Å². The van der Waals surface area contributed by atoms with Crippen LogP contribution in [0.3, 0.4) is 0 Å². The summed E-state index contributed by atoms with van der Waals surface area (Å²) in [5.74, 6) is 3.45. The first kappa shape index (κ1) is 17.7. The van der Waals surface area contributed by atoms with Crippen LogP contribution < -0.4 is 9.64 Å². The summed E-state index contributed by atoms with van der Waals surface area (Å²) in [6.07, 6.45) is 6.28. The van der Waals surface area contributed by atoms with E-state index in [2.05, 4.69) is 29.4 Å². The average Bonchev–Trinajstić information content (AvgIpc) is 3.48. The van der Waals surface area contributed by atoms with Crippen LogP contribution in [0.4, 0.5) is 5.82 Å². The quantitative estimate of drug-likeness (QED) is 0.636. The molecule has 0 atom stereocenters. The number of ether oxygens (including phenoxy) is 1. The van der Waals surface area contributed by atoms with Crippen molar-refractivity contribution in [1.29, 1.82) is 0 Å². The number of hydrogen-bond donors (Lipinski definition) is 0. The summed E-state index contributed by atoms with van der Waals surface area (Å²) in [5.41, 5.74) is 0.879. The van der Waals surface area contributed by atoms with Crippen molar-refractivity contribution in [2.75, 3.05) is 44.2 Å². The van der Waals surface area contributed by atoms with Crippen molar-refractivity contribution in [3.8, 4) is 5.75 Å². The summed E-state index contributed by atoms with van der Waals surface area (Å²) < 4.78 is 7.93. The number of fused-ring (bicyclic) bond motifs is 1. The Labute approximate surface area is 168 Å².